The van der Waals surface area contributed by atoms with Crippen LogP contribution < -0.4 is 5.32 Å². The molecule has 25 heavy (non-hydrogen) atoms. The van der Waals surface area contributed by atoms with Crippen molar-refractivity contribution in [2.75, 3.05) is 13.1 Å². The first-order chi connectivity index (χ1) is 12.0. The molecule has 7 heteroatoms. The van der Waals surface area contributed by atoms with Gasteiger partial charge in [0, 0.05) is 24.7 Å². The summed E-state index contributed by atoms with van der Waals surface area (Å²) in [5.41, 5.74) is 0.803. The minimum absolute atomic E-state index is 0.0412. The fraction of sp³-hybridized carbons (Fsp3) is 0.278. The molecule has 2 heterocycles. The molecular weight excluding hydrogens is 361 g/mol. The molecule has 1 N–H and O–H groups in total. The molecule has 5 nitrogen and oxygen atoms in total. The highest BCUT2D eigenvalue weighted by atomic mass is 35.5. The molecule has 2 amide bonds. The number of aromatic nitrogens is 1. The molecule has 1 fully saturated rings. The first-order valence-corrected chi connectivity index (χ1v) is 8.77. The van der Waals surface area contributed by atoms with E-state index in [-0.39, 0.29) is 33.7 Å². The number of carbonyl (C=O) groups is 2. The van der Waals surface area contributed by atoms with E-state index >= 15 is 0 Å². The zero-order chi connectivity index (χ0) is 17.8. The van der Waals surface area contributed by atoms with Gasteiger partial charge in [-0.25, -0.2) is 4.98 Å². The highest BCUT2D eigenvalue weighted by molar-refractivity contribution is 6.34. The lowest BCUT2D eigenvalue weighted by Crippen LogP contribution is -2.46. The van der Waals surface area contributed by atoms with E-state index < -0.39 is 0 Å². The summed E-state index contributed by atoms with van der Waals surface area (Å²) >= 11 is 11.9. The molecule has 0 saturated carbocycles. The van der Waals surface area contributed by atoms with Crippen LogP contribution in [0.25, 0.3) is 0 Å². The van der Waals surface area contributed by atoms with E-state index in [1.165, 1.54) is 0 Å². The molecule has 0 unspecified atom stereocenters. The van der Waals surface area contributed by atoms with Gasteiger partial charge in [-0.1, -0.05) is 41.4 Å². The molecule has 2 aromatic rings. The normalized spacial score (nSPS) is 15.0. The Kier molecular flexibility index (Phi) is 5.56. The van der Waals surface area contributed by atoms with Gasteiger partial charge < -0.3 is 10.2 Å². The van der Waals surface area contributed by atoms with E-state index in [4.69, 9.17) is 23.2 Å². The second kappa shape index (κ2) is 7.85. The number of hydrogen-bond donors (Lipinski definition) is 1. The van der Waals surface area contributed by atoms with Crippen LogP contribution >= 0.6 is 23.2 Å². The molecule has 0 aliphatic carbocycles. The molecular formula is C18H17Cl2N3O2. The number of piperidine rings is 1. The van der Waals surface area contributed by atoms with Crippen LogP contribution in [0.2, 0.25) is 10.2 Å². The summed E-state index contributed by atoms with van der Waals surface area (Å²) in [4.78, 5) is 30.5. The lowest BCUT2D eigenvalue weighted by atomic mass is 10.0. The minimum atomic E-state index is -0.236. The van der Waals surface area contributed by atoms with E-state index in [2.05, 4.69) is 10.3 Å². The van der Waals surface area contributed by atoms with Crippen LogP contribution in [0.1, 0.15) is 33.7 Å². The minimum Gasteiger partial charge on any atom is -0.349 e. The largest absolute Gasteiger partial charge is 0.349 e. The Balaban J connectivity index is 1.57. The van der Waals surface area contributed by atoms with Crippen molar-refractivity contribution in [1.82, 2.24) is 15.2 Å². The van der Waals surface area contributed by atoms with Crippen LogP contribution in [0, 0.1) is 0 Å². The lowest BCUT2D eigenvalue weighted by Gasteiger charge is -2.32. The molecule has 1 aliphatic rings. The summed E-state index contributed by atoms with van der Waals surface area (Å²) < 4.78 is 0. The second-order valence-corrected chi connectivity index (χ2v) is 6.66. The SMILES string of the molecule is O=C(NC1CCN(C(=O)c2nc(Cl)ccc2Cl)CC1)c1ccccc1. The maximum atomic E-state index is 12.6. The van der Waals surface area contributed by atoms with Crippen molar-refractivity contribution < 1.29 is 9.59 Å². The number of nitrogens with zero attached hydrogens (tertiary/aromatic N) is 2. The molecule has 1 aromatic heterocycles. The standard InChI is InChI=1S/C18H17Cl2N3O2/c19-14-6-7-15(20)22-16(14)18(25)23-10-8-13(9-11-23)21-17(24)12-4-2-1-3-5-12/h1-7,13H,8-11H2,(H,21,24). The molecule has 0 radical (unpaired) electrons. The molecule has 130 valence electrons. The predicted molar refractivity (Wildman–Crippen MR) is 97.1 cm³/mol. The van der Waals surface area contributed by atoms with Crippen molar-refractivity contribution >= 4 is 35.0 Å². The summed E-state index contributed by atoms with van der Waals surface area (Å²) in [5, 5.41) is 3.54. The Labute approximate surface area is 155 Å². The molecule has 3 rings (SSSR count). The summed E-state index contributed by atoms with van der Waals surface area (Å²) in [5.74, 6) is -0.328. The van der Waals surface area contributed by atoms with Gasteiger partial charge in [0.25, 0.3) is 11.8 Å². The highest BCUT2D eigenvalue weighted by Crippen LogP contribution is 2.21. The maximum absolute atomic E-state index is 12.6. The van der Waals surface area contributed by atoms with Crippen molar-refractivity contribution in [3.05, 3.63) is 63.9 Å². The number of carbonyl (C=O) groups excluding carboxylic acids is 2. The van der Waals surface area contributed by atoms with Crippen LogP contribution in [0.4, 0.5) is 0 Å². The van der Waals surface area contributed by atoms with Crippen LogP contribution in [0.15, 0.2) is 42.5 Å². The van der Waals surface area contributed by atoms with Gasteiger partial charge in [0.05, 0.1) is 5.02 Å². The number of amides is 2. The van der Waals surface area contributed by atoms with Crippen molar-refractivity contribution in [3.63, 3.8) is 0 Å². The van der Waals surface area contributed by atoms with Gasteiger partial charge in [-0.05, 0) is 37.1 Å². The Morgan fingerprint density at radius 2 is 1.72 bits per heavy atom. The molecule has 0 spiro atoms. The number of nitrogens with one attached hydrogen (secondary N) is 1. The second-order valence-electron chi connectivity index (χ2n) is 5.87. The van der Waals surface area contributed by atoms with E-state index in [0.29, 0.717) is 31.5 Å². The Bertz CT molecular complexity index is 775. The number of halogens is 2. The van der Waals surface area contributed by atoms with Crippen molar-refractivity contribution in [1.29, 1.82) is 0 Å². The summed E-state index contributed by atoms with van der Waals surface area (Å²) in [6.45, 7) is 1.06. The van der Waals surface area contributed by atoms with E-state index in [0.717, 1.165) is 0 Å². The Morgan fingerprint density at radius 1 is 1.04 bits per heavy atom. The van der Waals surface area contributed by atoms with Gasteiger partial charge in [-0.3, -0.25) is 9.59 Å². The smallest absolute Gasteiger partial charge is 0.274 e. The van der Waals surface area contributed by atoms with Gasteiger partial charge in [0.15, 0.2) is 0 Å². The monoisotopic (exact) mass is 377 g/mol. The molecule has 0 bridgehead atoms. The number of likely N-dealkylation sites (tertiary alicyclic amines) is 1. The first-order valence-electron chi connectivity index (χ1n) is 8.02. The molecule has 1 aromatic carbocycles. The first kappa shape index (κ1) is 17.7. The summed E-state index contributed by atoms with van der Waals surface area (Å²) in [7, 11) is 0. The van der Waals surface area contributed by atoms with Crippen molar-refractivity contribution in [2.24, 2.45) is 0 Å². The molecule has 1 saturated heterocycles. The number of pyridine rings is 1. The Morgan fingerprint density at radius 3 is 2.40 bits per heavy atom. The summed E-state index contributed by atoms with van der Waals surface area (Å²) in [6.07, 6.45) is 1.37. The van der Waals surface area contributed by atoms with E-state index in [9.17, 15) is 9.59 Å². The van der Waals surface area contributed by atoms with Gasteiger partial charge in [0.1, 0.15) is 10.8 Å². The quantitative estimate of drug-likeness (QED) is 0.833. The Hall–Kier alpha value is -2.11. The van der Waals surface area contributed by atoms with Gasteiger partial charge in [-0.2, -0.15) is 0 Å². The van der Waals surface area contributed by atoms with E-state index in [1.54, 1.807) is 29.2 Å². The fourth-order valence-electron chi connectivity index (χ4n) is 2.80. The zero-order valence-corrected chi connectivity index (χ0v) is 14.9. The number of hydrogen-bond acceptors (Lipinski definition) is 3. The van der Waals surface area contributed by atoms with Crippen LogP contribution in [0.5, 0.6) is 0 Å². The fourth-order valence-corrected chi connectivity index (χ4v) is 3.14. The number of rotatable bonds is 3. The van der Waals surface area contributed by atoms with Crippen molar-refractivity contribution in [3.8, 4) is 0 Å². The van der Waals surface area contributed by atoms with Gasteiger partial charge >= 0.3 is 0 Å². The third-order valence-corrected chi connectivity index (χ3v) is 4.68. The van der Waals surface area contributed by atoms with Crippen LogP contribution in [0.3, 0.4) is 0 Å². The average molecular weight is 378 g/mol. The number of benzene rings is 1. The van der Waals surface area contributed by atoms with E-state index in [1.807, 2.05) is 18.2 Å². The third kappa shape index (κ3) is 4.30. The maximum Gasteiger partial charge on any atom is 0.274 e. The van der Waals surface area contributed by atoms with Gasteiger partial charge in [0.2, 0.25) is 0 Å². The third-order valence-electron chi connectivity index (χ3n) is 4.17. The van der Waals surface area contributed by atoms with Crippen molar-refractivity contribution in [2.45, 2.75) is 18.9 Å². The molecule has 1 aliphatic heterocycles. The summed E-state index contributed by atoms with van der Waals surface area (Å²) in [6, 6.07) is 12.2. The predicted octanol–water partition coefficient (Wildman–Crippen LogP) is 3.42. The average Bonchev–Trinajstić information content (AvgIpc) is 2.64. The zero-order valence-electron chi connectivity index (χ0n) is 13.4. The highest BCUT2D eigenvalue weighted by Gasteiger charge is 2.26. The van der Waals surface area contributed by atoms with Gasteiger partial charge in [-0.15, -0.1) is 0 Å². The van der Waals surface area contributed by atoms with Crippen LogP contribution in [-0.4, -0.2) is 40.8 Å². The molecule has 0 atom stereocenters. The van der Waals surface area contributed by atoms with Crippen LogP contribution in [-0.2, 0) is 0 Å². The topological polar surface area (TPSA) is 62.3 Å². The lowest BCUT2D eigenvalue weighted by molar-refractivity contribution is 0.0692.